The fraction of sp³-hybridized carbons (Fsp3) is 0.316. The molecule has 0 bridgehead atoms. The molecule has 3 rings (SSSR count). The molecular weight excluding hydrogens is 314 g/mol. The van der Waals surface area contributed by atoms with Crippen LogP contribution in [-0.4, -0.2) is 25.5 Å². The minimum absolute atomic E-state index is 0.0129. The van der Waals surface area contributed by atoms with E-state index < -0.39 is 0 Å². The summed E-state index contributed by atoms with van der Waals surface area (Å²) < 4.78 is 3.72. The molecule has 0 radical (unpaired) electrons. The van der Waals surface area contributed by atoms with Crippen molar-refractivity contribution in [3.05, 3.63) is 65.2 Å². The molecule has 2 heterocycles. The van der Waals surface area contributed by atoms with Crippen LogP contribution in [0.15, 0.2) is 42.7 Å². The van der Waals surface area contributed by atoms with E-state index in [-0.39, 0.29) is 5.91 Å². The van der Waals surface area contributed by atoms with Crippen molar-refractivity contribution >= 4 is 11.6 Å². The van der Waals surface area contributed by atoms with Gasteiger partial charge in [-0.15, -0.1) is 0 Å². The minimum Gasteiger partial charge on any atom is -0.326 e. The van der Waals surface area contributed by atoms with Crippen LogP contribution < -0.4 is 5.32 Å². The van der Waals surface area contributed by atoms with Gasteiger partial charge in [-0.2, -0.15) is 10.2 Å². The van der Waals surface area contributed by atoms with Crippen molar-refractivity contribution in [1.82, 2.24) is 19.6 Å². The van der Waals surface area contributed by atoms with Gasteiger partial charge in [0, 0.05) is 37.2 Å². The number of carbonyl (C=O) groups is 1. The number of carbonyl (C=O) groups excluding carboxylic acids is 1. The monoisotopic (exact) mass is 337 g/mol. The van der Waals surface area contributed by atoms with Gasteiger partial charge in [0.05, 0.1) is 12.2 Å². The van der Waals surface area contributed by atoms with Crippen molar-refractivity contribution < 1.29 is 4.79 Å². The first-order valence-corrected chi connectivity index (χ1v) is 8.38. The van der Waals surface area contributed by atoms with Gasteiger partial charge in [0.15, 0.2) is 0 Å². The third-order valence-corrected chi connectivity index (χ3v) is 4.38. The van der Waals surface area contributed by atoms with Gasteiger partial charge in [0.2, 0.25) is 5.91 Å². The quantitative estimate of drug-likeness (QED) is 0.752. The van der Waals surface area contributed by atoms with Crippen LogP contribution in [0.1, 0.15) is 28.9 Å². The average molecular weight is 337 g/mol. The van der Waals surface area contributed by atoms with Crippen molar-refractivity contribution in [2.75, 3.05) is 5.32 Å². The average Bonchev–Trinajstić information content (AvgIpc) is 3.15. The summed E-state index contributed by atoms with van der Waals surface area (Å²) in [6.07, 6.45) is 4.82. The number of aromatic nitrogens is 4. The number of hydrogen-bond donors (Lipinski definition) is 1. The third-order valence-electron chi connectivity index (χ3n) is 4.38. The van der Waals surface area contributed by atoms with Crippen molar-refractivity contribution in [2.24, 2.45) is 7.05 Å². The first-order valence-electron chi connectivity index (χ1n) is 8.38. The van der Waals surface area contributed by atoms with Crippen LogP contribution in [0.2, 0.25) is 0 Å². The van der Waals surface area contributed by atoms with Gasteiger partial charge >= 0.3 is 0 Å². The lowest BCUT2D eigenvalue weighted by Crippen LogP contribution is -2.13. The zero-order chi connectivity index (χ0) is 17.8. The number of nitrogens with one attached hydrogen (secondary N) is 1. The largest absolute Gasteiger partial charge is 0.326 e. The number of benzene rings is 1. The SMILES string of the molecule is Cc1nn(C)c(C)c1CCC(=O)Nc1cccc(Cn2cccn2)c1. The molecule has 0 aliphatic heterocycles. The molecule has 0 unspecified atom stereocenters. The zero-order valence-electron chi connectivity index (χ0n) is 14.9. The molecule has 130 valence electrons. The molecule has 0 spiro atoms. The Morgan fingerprint density at radius 1 is 1.24 bits per heavy atom. The second-order valence-electron chi connectivity index (χ2n) is 6.23. The number of hydrogen-bond acceptors (Lipinski definition) is 3. The highest BCUT2D eigenvalue weighted by Crippen LogP contribution is 2.16. The van der Waals surface area contributed by atoms with E-state index >= 15 is 0 Å². The maximum Gasteiger partial charge on any atom is 0.224 e. The molecule has 25 heavy (non-hydrogen) atoms. The second kappa shape index (κ2) is 7.34. The smallest absolute Gasteiger partial charge is 0.224 e. The Balaban J connectivity index is 1.59. The molecule has 1 N–H and O–H groups in total. The standard InChI is InChI=1S/C19H23N5O/c1-14-18(15(2)23(3)22-14)8-9-19(25)21-17-7-4-6-16(12-17)13-24-11-5-10-20-24/h4-7,10-12H,8-9,13H2,1-3H3,(H,21,25). The predicted molar refractivity (Wildman–Crippen MR) is 97.4 cm³/mol. The Bertz CT molecular complexity index is 864. The molecule has 2 aromatic heterocycles. The van der Waals surface area contributed by atoms with E-state index in [1.165, 1.54) is 0 Å². The Morgan fingerprint density at radius 2 is 2.08 bits per heavy atom. The van der Waals surface area contributed by atoms with Gasteiger partial charge < -0.3 is 5.32 Å². The van der Waals surface area contributed by atoms with Gasteiger partial charge in [-0.3, -0.25) is 14.2 Å². The molecule has 0 atom stereocenters. The Morgan fingerprint density at radius 3 is 2.76 bits per heavy atom. The lowest BCUT2D eigenvalue weighted by atomic mass is 10.1. The van der Waals surface area contributed by atoms with Crippen LogP contribution in [0.3, 0.4) is 0 Å². The summed E-state index contributed by atoms with van der Waals surface area (Å²) in [6.45, 7) is 4.70. The van der Waals surface area contributed by atoms with Crippen LogP contribution in [0, 0.1) is 13.8 Å². The van der Waals surface area contributed by atoms with Crippen LogP contribution >= 0.6 is 0 Å². The third kappa shape index (κ3) is 4.15. The fourth-order valence-electron chi connectivity index (χ4n) is 2.97. The highest BCUT2D eigenvalue weighted by atomic mass is 16.1. The van der Waals surface area contributed by atoms with E-state index in [0.29, 0.717) is 19.4 Å². The summed E-state index contributed by atoms with van der Waals surface area (Å²) in [5.41, 5.74) is 5.18. The number of aryl methyl sites for hydroxylation is 2. The normalized spacial score (nSPS) is 10.8. The maximum atomic E-state index is 12.3. The van der Waals surface area contributed by atoms with Crippen LogP contribution in [0.25, 0.3) is 0 Å². The van der Waals surface area contributed by atoms with Gasteiger partial charge in [-0.05, 0) is 49.6 Å². The summed E-state index contributed by atoms with van der Waals surface area (Å²) in [6, 6.07) is 9.77. The van der Waals surface area contributed by atoms with Gasteiger partial charge in [-0.25, -0.2) is 0 Å². The van der Waals surface area contributed by atoms with E-state index in [2.05, 4.69) is 15.5 Å². The maximum absolute atomic E-state index is 12.3. The van der Waals surface area contributed by atoms with Crippen molar-refractivity contribution in [3.63, 3.8) is 0 Å². The van der Waals surface area contributed by atoms with Crippen LogP contribution in [0.4, 0.5) is 5.69 Å². The molecule has 6 nitrogen and oxygen atoms in total. The molecule has 0 saturated heterocycles. The molecule has 0 fully saturated rings. The van der Waals surface area contributed by atoms with E-state index in [4.69, 9.17) is 0 Å². The Labute approximate surface area is 147 Å². The van der Waals surface area contributed by atoms with E-state index in [9.17, 15) is 4.79 Å². The first-order chi connectivity index (χ1) is 12.0. The van der Waals surface area contributed by atoms with Gasteiger partial charge in [0.1, 0.15) is 0 Å². The summed E-state index contributed by atoms with van der Waals surface area (Å²) >= 11 is 0. The van der Waals surface area contributed by atoms with E-state index in [1.54, 1.807) is 6.20 Å². The van der Waals surface area contributed by atoms with E-state index in [0.717, 1.165) is 28.2 Å². The number of amides is 1. The summed E-state index contributed by atoms with van der Waals surface area (Å²) in [7, 11) is 1.93. The number of rotatable bonds is 6. The minimum atomic E-state index is 0.0129. The van der Waals surface area contributed by atoms with Gasteiger partial charge in [0.25, 0.3) is 0 Å². The zero-order valence-corrected chi connectivity index (χ0v) is 14.9. The summed E-state index contributed by atoms with van der Waals surface area (Å²) in [5.74, 6) is 0.0129. The highest BCUT2D eigenvalue weighted by molar-refractivity contribution is 5.90. The lowest BCUT2D eigenvalue weighted by Gasteiger charge is -2.08. The van der Waals surface area contributed by atoms with Crippen molar-refractivity contribution in [3.8, 4) is 0 Å². The summed E-state index contributed by atoms with van der Waals surface area (Å²) in [4.78, 5) is 12.3. The van der Waals surface area contributed by atoms with Crippen molar-refractivity contribution in [2.45, 2.75) is 33.2 Å². The summed E-state index contributed by atoms with van der Waals surface area (Å²) in [5, 5.41) is 11.6. The fourth-order valence-corrected chi connectivity index (χ4v) is 2.97. The molecule has 6 heteroatoms. The highest BCUT2D eigenvalue weighted by Gasteiger charge is 2.11. The molecular formula is C19H23N5O. The molecule has 3 aromatic rings. The Kier molecular flexibility index (Phi) is 4.97. The predicted octanol–water partition coefficient (Wildman–Crippen LogP) is 2.85. The molecule has 0 aliphatic carbocycles. The number of nitrogens with zero attached hydrogens (tertiary/aromatic N) is 4. The molecule has 0 saturated carbocycles. The van der Waals surface area contributed by atoms with Crippen LogP contribution in [0.5, 0.6) is 0 Å². The first kappa shape index (κ1) is 17.0. The van der Waals surface area contributed by atoms with Gasteiger partial charge in [-0.1, -0.05) is 12.1 Å². The molecule has 0 aliphatic rings. The lowest BCUT2D eigenvalue weighted by molar-refractivity contribution is -0.116. The Hall–Kier alpha value is -2.89. The number of anilines is 1. The molecule has 1 amide bonds. The second-order valence-corrected chi connectivity index (χ2v) is 6.23. The van der Waals surface area contributed by atoms with Crippen LogP contribution in [-0.2, 0) is 24.8 Å². The van der Waals surface area contributed by atoms with Crippen molar-refractivity contribution in [1.29, 1.82) is 0 Å². The topological polar surface area (TPSA) is 64.7 Å². The molecule has 1 aromatic carbocycles. The van der Waals surface area contributed by atoms with E-state index in [1.807, 2.05) is 66.8 Å².